The summed E-state index contributed by atoms with van der Waals surface area (Å²) in [7, 11) is 0. The van der Waals surface area contributed by atoms with E-state index in [9.17, 15) is 18.7 Å². The van der Waals surface area contributed by atoms with Crippen LogP contribution in [0.15, 0.2) is 54.6 Å². The van der Waals surface area contributed by atoms with Gasteiger partial charge in [-0.05, 0) is 35.7 Å². The molecule has 0 saturated heterocycles. The summed E-state index contributed by atoms with van der Waals surface area (Å²) in [5, 5.41) is 11.1. The Hall–Kier alpha value is -3.21. The molecule has 0 aliphatic heterocycles. The normalized spacial score (nSPS) is 11.2. The molecule has 0 bridgehead atoms. The highest BCUT2D eigenvalue weighted by Gasteiger charge is 2.16. The van der Waals surface area contributed by atoms with Crippen molar-refractivity contribution in [3.63, 3.8) is 0 Å². The van der Waals surface area contributed by atoms with Gasteiger partial charge in [0.05, 0.1) is 5.69 Å². The van der Waals surface area contributed by atoms with Crippen molar-refractivity contribution in [2.45, 2.75) is 0 Å². The van der Waals surface area contributed by atoms with Gasteiger partial charge in [-0.1, -0.05) is 24.3 Å². The Labute approximate surface area is 135 Å². The quantitative estimate of drug-likeness (QED) is 0.532. The first kappa shape index (κ1) is 14.4. The number of carbonyl (C=O) groups is 1. The largest absolute Gasteiger partial charge is 0.505 e. The zero-order valence-electron chi connectivity index (χ0n) is 12.3. The fraction of sp³-hybridized carbons (Fsp3) is 0. The molecule has 0 unspecified atom stereocenters. The lowest BCUT2D eigenvalue weighted by Gasteiger charge is -2.00. The van der Waals surface area contributed by atoms with Gasteiger partial charge in [-0.3, -0.25) is 4.79 Å². The smallest absolute Gasteiger partial charge is 0.209 e. The fourth-order valence-electron chi connectivity index (χ4n) is 2.86. The second kappa shape index (κ2) is 5.16. The van der Waals surface area contributed by atoms with Gasteiger partial charge in [0, 0.05) is 21.9 Å². The van der Waals surface area contributed by atoms with Crippen LogP contribution in [-0.2, 0) is 0 Å². The number of aromatic amines is 1. The number of hydrogen-bond donors (Lipinski definition) is 2. The molecule has 5 heteroatoms. The molecule has 3 aromatic carbocycles. The number of aromatic hydroxyl groups is 1. The first-order valence-electron chi connectivity index (χ1n) is 7.28. The summed E-state index contributed by atoms with van der Waals surface area (Å²) < 4.78 is 27.6. The van der Waals surface area contributed by atoms with Gasteiger partial charge in [-0.15, -0.1) is 0 Å². The van der Waals surface area contributed by atoms with Crippen molar-refractivity contribution >= 4 is 27.5 Å². The van der Waals surface area contributed by atoms with Gasteiger partial charge in [-0.25, -0.2) is 8.78 Å². The molecule has 0 atom stereocenters. The average molecular weight is 323 g/mol. The van der Waals surface area contributed by atoms with Gasteiger partial charge in [0.15, 0.2) is 11.6 Å². The van der Waals surface area contributed by atoms with Crippen LogP contribution in [0.4, 0.5) is 8.78 Å². The van der Waals surface area contributed by atoms with Gasteiger partial charge in [0.2, 0.25) is 5.78 Å². The van der Waals surface area contributed by atoms with Crippen LogP contribution in [0, 0.1) is 11.6 Å². The Morgan fingerprint density at radius 3 is 2.38 bits per heavy atom. The number of halogens is 2. The molecular formula is C19H11F2NO2. The van der Waals surface area contributed by atoms with Crippen molar-refractivity contribution in [3.8, 4) is 5.75 Å². The molecule has 0 spiro atoms. The van der Waals surface area contributed by atoms with E-state index in [-0.39, 0.29) is 17.1 Å². The van der Waals surface area contributed by atoms with Gasteiger partial charge in [0.25, 0.3) is 0 Å². The van der Waals surface area contributed by atoms with Crippen LogP contribution in [0.5, 0.6) is 5.75 Å². The Kier molecular flexibility index (Phi) is 3.09. The van der Waals surface area contributed by atoms with Crippen LogP contribution in [0.1, 0.15) is 16.1 Å². The Balaban J connectivity index is 1.90. The topological polar surface area (TPSA) is 53.1 Å². The summed E-state index contributed by atoms with van der Waals surface area (Å²) in [5.41, 5.74) is 0.821. The second-order valence-corrected chi connectivity index (χ2v) is 5.54. The average Bonchev–Trinajstić information content (AvgIpc) is 3.01. The van der Waals surface area contributed by atoms with Crippen LogP contribution < -0.4 is 0 Å². The number of carbonyl (C=O) groups excluding carboxylic acids is 1. The maximum atomic E-state index is 14.2. The maximum Gasteiger partial charge on any atom is 0.209 e. The van der Waals surface area contributed by atoms with Crippen molar-refractivity contribution in [2.24, 2.45) is 0 Å². The van der Waals surface area contributed by atoms with Crippen molar-refractivity contribution in [2.75, 3.05) is 0 Å². The lowest BCUT2D eigenvalue weighted by Crippen LogP contribution is -2.01. The molecule has 0 radical (unpaired) electrons. The molecule has 0 fully saturated rings. The summed E-state index contributed by atoms with van der Waals surface area (Å²) in [5.74, 6) is -2.20. The van der Waals surface area contributed by atoms with E-state index in [0.717, 1.165) is 17.5 Å². The number of phenolic OH excluding ortho intramolecular Hbond substituents is 1. The molecule has 4 aromatic rings. The molecule has 0 aliphatic rings. The van der Waals surface area contributed by atoms with E-state index in [0.29, 0.717) is 16.3 Å². The number of benzene rings is 3. The van der Waals surface area contributed by atoms with Crippen LogP contribution in [-0.4, -0.2) is 15.9 Å². The number of ketones is 1. The number of fused-ring (bicyclic) bond motifs is 3. The summed E-state index contributed by atoms with van der Waals surface area (Å²) in [4.78, 5) is 15.4. The minimum absolute atomic E-state index is 0.0987. The molecule has 1 aromatic heterocycles. The molecular weight excluding hydrogens is 312 g/mol. The minimum atomic E-state index is -0.867. The highest BCUT2D eigenvalue weighted by atomic mass is 19.1. The van der Waals surface area contributed by atoms with Crippen molar-refractivity contribution in [1.82, 2.24) is 4.98 Å². The van der Waals surface area contributed by atoms with Crippen LogP contribution >= 0.6 is 0 Å². The van der Waals surface area contributed by atoms with E-state index in [4.69, 9.17) is 0 Å². The van der Waals surface area contributed by atoms with Gasteiger partial charge in [-0.2, -0.15) is 0 Å². The third-order valence-corrected chi connectivity index (χ3v) is 4.05. The van der Waals surface area contributed by atoms with Crippen molar-refractivity contribution in [3.05, 3.63) is 77.5 Å². The summed E-state index contributed by atoms with van der Waals surface area (Å²) in [6.07, 6.45) is 0. The number of hydrogen-bond acceptors (Lipinski definition) is 2. The number of phenols is 1. The molecule has 4 rings (SSSR count). The standard InChI is InChI=1S/C19H11F2NO2/c20-14-9-16-13(11-3-1-2-4-12(11)14)8-17(22-16)19(24)10-5-6-18(23)15(21)7-10/h1-9,22-23H. The highest BCUT2D eigenvalue weighted by Crippen LogP contribution is 2.29. The molecule has 2 N–H and O–H groups in total. The van der Waals surface area contributed by atoms with E-state index in [1.165, 1.54) is 12.1 Å². The Morgan fingerprint density at radius 1 is 0.875 bits per heavy atom. The zero-order valence-corrected chi connectivity index (χ0v) is 12.3. The first-order valence-corrected chi connectivity index (χ1v) is 7.28. The van der Waals surface area contributed by atoms with E-state index in [1.54, 1.807) is 30.3 Å². The summed E-state index contributed by atoms with van der Waals surface area (Å²) >= 11 is 0. The Bertz CT molecular complexity index is 1120. The first-order chi connectivity index (χ1) is 11.5. The predicted molar refractivity (Wildman–Crippen MR) is 87.3 cm³/mol. The second-order valence-electron chi connectivity index (χ2n) is 5.54. The minimum Gasteiger partial charge on any atom is -0.505 e. The van der Waals surface area contributed by atoms with Crippen LogP contribution in [0.2, 0.25) is 0 Å². The third kappa shape index (κ3) is 2.13. The van der Waals surface area contributed by atoms with Crippen molar-refractivity contribution < 1.29 is 18.7 Å². The van der Waals surface area contributed by atoms with E-state index >= 15 is 0 Å². The number of H-pyrrole nitrogens is 1. The lowest BCUT2D eigenvalue weighted by atomic mass is 10.0. The van der Waals surface area contributed by atoms with Gasteiger partial charge in [0.1, 0.15) is 5.82 Å². The maximum absolute atomic E-state index is 14.2. The number of rotatable bonds is 2. The van der Waals surface area contributed by atoms with E-state index in [1.807, 2.05) is 0 Å². The number of aromatic nitrogens is 1. The SMILES string of the molecule is O=C(c1ccc(O)c(F)c1)c1cc2c(cc(F)c3ccccc32)[nH]1. The van der Waals surface area contributed by atoms with Crippen molar-refractivity contribution in [1.29, 1.82) is 0 Å². The molecule has 0 amide bonds. The zero-order chi connectivity index (χ0) is 16.8. The van der Waals surface area contributed by atoms with Gasteiger partial charge < -0.3 is 10.1 Å². The Morgan fingerprint density at radius 2 is 1.62 bits per heavy atom. The van der Waals surface area contributed by atoms with E-state index < -0.39 is 17.3 Å². The van der Waals surface area contributed by atoms with Crippen LogP contribution in [0.3, 0.4) is 0 Å². The molecule has 118 valence electrons. The van der Waals surface area contributed by atoms with E-state index in [2.05, 4.69) is 4.98 Å². The molecule has 1 heterocycles. The summed E-state index contributed by atoms with van der Waals surface area (Å²) in [6.45, 7) is 0. The monoisotopic (exact) mass is 323 g/mol. The van der Waals surface area contributed by atoms with Gasteiger partial charge >= 0.3 is 0 Å². The lowest BCUT2D eigenvalue weighted by molar-refractivity contribution is 0.103. The molecule has 0 saturated carbocycles. The molecule has 0 aliphatic carbocycles. The van der Waals surface area contributed by atoms with Crippen LogP contribution in [0.25, 0.3) is 21.7 Å². The predicted octanol–water partition coefficient (Wildman–Crippen LogP) is 4.54. The number of nitrogens with one attached hydrogen (secondary N) is 1. The third-order valence-electron chi connectivity index (χ3n) is 4.05. The molecule has 3 nitrogen and oxygen atoms in total. The molecule has 24 heavy (non-hydrogen) atoms. The summed E-state index contributed by atoms with van der Waals surface area (Å²) in [6, 6.07) is 13.4. The highest BCUT2D eigenvalue weighted by molar-refractivity contribution is 6.14. The fourth-order valence-corrected chi connectivity index (χ4v) is 2.86.